The van der Waals surface area contributed by atoms with Crippen LogP contribution in [-0.4, -0.2) is 42.8 Å². The zero-order valence-corrected chi connectivity index (χ0v) is 22.0. The maximum Gasteiger partial charge on any atom is 0.573 e. The van der Waals surface area contributed by atoms with Gasteiger partial charge in [0.2, 0.25) is 0 Å². The first-order valence-corrected chi connectivity index (χ1v) is 13.4. The van der Waals surface area contributed by atoms with E-state index in [4.69, 9.17) is 9.26 Å². The molecule has 0 radical (unpaired) electrons. The minimum absolute atomic E-state index is 0.0612. The molecule has 1 saturated carbocycles. The predicted octanol–water partition coefficient (Wildman–Crippen LogP) is 6.90. The number of esters is 1. The summed E-state index contributed by atoms with van der Waals surface area (Å²) in [5.74, 6) is -2.14. The highest BCUT2D eigenvalue weighted by Gasteiger charge is 2.44. The maximum atomic E-state index is 15.0. The predicted molar refractivity (Wildman–Crippen MR) is 135 cm³/mol. The zero-order valence-electron chi connectivity index (χ0n) is 22.0. The molecule has 41 heavy (non-hydrogen) atoms. The highest BCUT2D eigenvalue weighted by molar-refractivity contribution is 5.90. The van der Waals surface area contributed by atoms with E-state index in [1.807, 2.05) is 0 Å². The van der Waals surface area contributed by atoms with Crippen molar-refractivity contribution in [3.8, 4) is 17.0 Å². The number of methoxy groups -OCH3 is 1. The van der Waals surface area contributed by atoms with Crippen molar-refractivity contribution >= 4 is 11.7 Å². The second-order valence-corrected chi connectivity index (χ2v) is 10.7. The van der Waals surface area contributed by atoms with E-state index in [0.717, 1.165) is 44.9 Å². The number of hydrogen-bond donors (Lipinski definition) is 0. The van der Waals surface area contributed by atoms with Crippen LogP contribution in [0, 0.1) is 11.6 Å². The van der Waals surface area contributed by atoms with E-state index in [1.165, 1.54) is 18.2 Å². The molecule has 7 nitrogen and oxygen atoms in total. The molecule has 3 heterocycles. The standard InChI is InChI=1S/C29H27F5N2O5/c1-38-28(37)16-10-22(30)26(23(31)11-16)36-17-8-9-18(36)13-19(12-17)39-14-21-25(35-41-27(21)15-6-7-15)20-4-2-3-5-24(20)40-29(32,33)34/h2-5,10-11,15,17-19H,6-9,12-14H2,1H3/t17-,18+,19?. The number of benzene rings is 2. The van der Waals surface area contributed by atoms with Crippen LogP contribution in [0.2, 0.25) is 0 Å². The largest absolute Gasteiger partial charge is 0.573 e. The number of halogens is 5. The van der Waals surface area contributed by atoms with Crippen LogP contribution in [-0.2, 0) is 16.1 Å². The fourth-order valence-corrected chi connectivity index (χ4v) is 6.09. The van der Waals surface area contributed by atoms with Gasteiger partial charge in [0.05, 0.1) is 25.4 Å². The normalized spacial score (nSPS) is 22.2. The van der Waals surface area contributed by atoms with Crippen LogP contribution in [0.25, 0.3) is 11.3 Å². The van der Waals surface area contributed by atoms with Gasteiger partial charge in [0.15, 0.2) is 0 Å². The number of piperidine rings is 1. The summed E-state index contributed by atoms with van der Waals surface area (Å²) in [5, 5.41) is 4.11. The molecule has 3 fully saturated rings. The zero-order chi connectivity index (χ0) is 28.9. The summed E-state index contributed by atoms with van der Waals surface area (Å²) < 4.78 is 90.0. The number of carbonyl (C=O) groups excluding carboxylic acids is 1. The first-order chi connectivity index (χ1) is 19.6. The number of ether oxygens (including phenoxy) is 3. The maximum absolute atomic E-state index is 15.0. The summed E-state index contributed by atoms with van der Waals surface area (Å²) in [5.41, 5.74) is 0.602. The second kappa shape index (κ2) is 10.6. The van der Waals surface area contributed by atoms with Crippen molar-refractivity contribution in [1.82, 2.24) is 5.16 Å². The van der Waals surface area contributed by atoms with Crippen LogP contribution < -0.4 is 9.64 Å². The Labute approximate surface area is 232 Å². The Balaban J connectivity index is 1.21. The van der Waals surface area contributed by atoms with E-state index >= 15 is 8.78 Å². The molecular weight excluding hydrogens is 551 g/mol. The quantitative estimate of drug-likeness (QED) is 0.213. The molecule has 3 atom stereocenters. The molecule has 12 heteroatoms. The summed E-state index contributed by atoms with van der Waals surface area (Å²) >= 11 is 0. The number of alkyl halides is 3. The first-order valence-electron chi connectivity index (χ1n) is 13.4. The number of fused-ring (bicyclic) bond motifs is 2. The van der Waals surface area contributed by atoms with Gasteiger partial charge in [-0.2, -0.15) is 0 Å². The molecule has 2 bridgehead atoms. The van der Waals surface area contributed by atoms with Crippen molar-refractivity contribution in [2.45, 2.75) is 75.6 Å². The van der Waals surface area contributed by atoms with Gasteiger partial charge in [-0.3, -0.25) is 0 Å². The Morgan fingerprint density at radius 3 is 2.32 bits per heavy atom. The van der Waals surface area contributed by atoms with E-state index < -0.39 is 24.0 Å². The number of hydrogen-bond acceptors (Lipinski definition) is 7. The molecule has 3 aromatic rings. The van der Waals surface area contributed by atoms with E-state index in [2.05, 4.69) is 14.6 Å². The number of carbonyl (C=O) groups is 1. The van der Waals surface area contributed by atoms with Gasteiger partial charge >= 0.3 is 12.3 Å². The molecule has 1 aliphatic carbocycles. The SMILES string of the molecule is COC(=O)c1cc(F)c(N2[C@@H]3CC[C@H]2CC(OCc2c(-c4ccccc4OC(F)(F)F)noc2C2CC2)C3)c(F)c1. The third-order valence-corrected chi connectivity index (χ3v) is 7.98. The smallest absolute Gasteiger partial charge is 0.465 e. The summed E-state index contributed by atoms with van der Waals surface area (Å²) in [6.07, 6.45) is -0.912. The van der Waals surface area contributed by atoms with Gasteiger partial charge in [-0.1, -0.05) is 17.3 Å². The number of anilines is 1. The number of nitrogens with zero attached hydrogens (tertiary/aromatic N) is 2. The summed E-state index contributed by atoms with van der Waals surface area (Å²) in [6, 6.07) is 7.36. The van der Waals surface area contributed by atoms with Gasteiger partial charge < -0.3 is 23.6 Å². The number of para-hydroxylation sites is 1. The summed E-state index contributed by atoms with van der Waals surface area (Å²) in [4.78, 5) is 13.5. The molecule has 2 aliphatic heterocycles. The average Bonchev–Trinajstić information content (AvgIpc) is 3.63. The van der Waals surface area contributed by atoms with E-state index in [-0.39, 0.29) is 59.0 Å². The van der Waals surface area contributed by atoms with Crippen LogP contribution in [0.15, 0.2) is 40.9 Å². The van der Waals surface area contributed by atoms with Crippen molar-refractivity contribution in [1.29, 1.82) is 0 Å². The molecule has 1 aromatic heterocycles. The minimum atomic E-state index is -4.87. The van der Waals surface area contributed by atoms with Gasteiger partial charge in [0.25, 0.3) is 0 Å². The van der Waals surface area contributed by atoms with Gasteiger partial charge in [0.1, 0.15) is 34.5 Å². The molecule has 3 aliphatic rings. The Kier molecular flexibility index (Phi) is 7.13. The Morgan fingerprint density at radius 2 is 1.71 bits per heavy atom. The van der Waals surface area contributed by atoms with Crippen molar-refractivity contribution in [2.24, 2.45) is 0 Å². The monoisotopic (exact) mass is 578 g/mol. The lowest BCUT2D eigenvalue weighted by atomic mass is 9.97. The third kappa shape index (κ3) is 5.49. The molecule has 1 unspecified atom stereocenters. The van der Waals surface area contributed by atoms with Crippen LogP contribution in [0.5, 0.6) is 5.75 Å². The Hall–Kier alpha value is -3.67. The molecule has 2 saturated heterocycles. The molecule has 218 valence electrons. The second-order valence-electron chi connectivity index (χ2n) is 10.7. The first kappa shape index (κ1) is 27.5. The van der Waals surface area contributed by atoms with Crippen molar-refractivity contribution in [2.75, 3.05) is 12.0 Å². The number of rotatable bonds is 8. The molecular formula is C29H27F5N2O5. The third-order valence-electron chi connectivity index (χ3n) is 7.98. The summed E-state index contributed by atoms with van der Waals surface area (Å²) in [6.45, 7) is 0.0612. The lowest BCUT2D eigenvalue weighted by Crippen LogP contribution is -2.46. The number of aromatic nitrogens is 1. The van der Waals surface area contributed by atoms with Gasteiger partial charge in [-0.05, 0) is 62.8 Å². The summed E-state index contributed by atoms with van der Waals surface area (Å²) in [7, 11) is 1.14. The average molecular weight is 579 g/mol. The van der Waals surface area contributed by atoms with E-state index in [9.17, 15) is 18.0 Å². The van der Waals surface area contributed by atoms with Crippen molar-refractivity contribution in [3.05, 3.63) is 64.9 Å². The fraction of sp³-hybridized carbons (Fsp3) is 0.448. The van der Waals surface area contributed by atoms with Crippen LogP contribution in [0.1, 0.15) is 66.1 Å². The fourth-order valence-electron chi connectivity index (χ4n) is 6.09. The van der Waals surface area contributed by atoms with Gasteiger partial charge in [0, 0.05) is 29.1 Å². The molecule has 2 aromatic carbocycles. The minimum Gasteiger partial charge on any atom is -0.465 e. The van der Waals surface area contributed by atoms with Crippen LogP contribution >= 0.6 is 0 Å². The Bertz CT molecular complexity index is 1420. The van der Waals surface area contributed by atoms with Gasteiger partial charge in [-0.15, -0.1) is 13.2 Å². The van der Waals surface area contributed by atoms with Crippen LogP contribution in [0.3, 0.4) is 0 Å². The highest BCUT2D eigenvalue weighted by Crippen LogP contribution is 2.47. The van der Waals surface area contributed by atoms with E-state index in [0.29, 0.717) is 24.2 Å². The van der Waals surface area contributed by atoms with Crippen LogP contribution in [0.4, 0.5) is 27.6 Å². The van der Waals surface area contributed by atoms with Crippen molar-refractivity contribution < 1.29 is 45.5 Å². The lowest BCUT2D eigenvalue weighted by molar-refractivity contribution is -0.274. The van der Waals surface area contributed by atoms with E-state index in [1.54, 1.807) is 11.0 Å². The Morgan fingerprint density at radius 1 is 1.05 bits per heavy atom. The van der Waals surface area contributed by atoms with Gasteiger partial charge in [-0.25, -0.2) is 13.6 Å². The lowest BCUT2D eigenvalue weighted by Gasteiger charge is -2.40. The molecule has 0 spiro atoms. The van der Waals surface area contributed by atoms with Crippen molar-refractivity contribution in [3.63, 3.8) is 0 Å². The highest BCUT2D eigenvalue weighted by atomic mass is 19.4. The topological polar surface area (TPSA) is 74.0 Å². The molecule has 0 N–H and O–H groups in total. The molecule has 0 amide bonds. The molecule has 6 rings (SSSR count).